The zero-order chi connectivity index (χ0) is 41.1. The van der Waals surface area contributed by atoms with Gasteiger partial charge in [-0.2, -0.15) is 5.26 Å². The van der Waals surface area contributed by atoms with Crippen molar-refractivity contribution in [2.75, 3.05) is 0 Å². The molecule has 0 radical (unpaired) electrons. The molecule has 0 amide bonds. The average Bonchev–Trinajstić information content (AvgIpc) is 3.74. The van der Waals surface area contributed by atoms with Gasteiger partial charge in [0.15, 0.2) is 23.1 Å². The fourth-order valence-corrected chi connectivity index (χ4v) is 6.95. The van der Waals surface area contributed by atoms with E-state index in [0.717, 1.165) is 60.5 Å². The van der Waals surface area contributed by atoms with E-state index in [0.29, 0.717) is 34.1 Å². The van der Waals surface area contributed by atoms with Gasteiger partial charge in [0, 0.05) is 27.6 Å². The number of hydrogen-bond acceptors (Lipinski definition) is 6. The molecule has 0 saturated heterocycles. The maximum absolute atomic E-state index is 9.42. The lowest BCUT2D eigenvalue weighted by atomic mass is 9.94. The van der Waals surface area contributed by atoms with Crippen LogP contribution in [0.3, 0.4) is 0 Å². The predicted octanol–water partition coefficient (Wildman–Crippen LogP) is 12.2. The highest BCUT2D eigenvalue weighted by atomic mass is 16.3. The molecule has 2 heterocycles. The molecule has 0 bridgehead atoms. The Balaban J connectivity index is 1.07. The molecule has 10 aromatic rings. The Kier molecular flexibility index (Phi) is 6.54. The third kappa shape index (κ3) is 5.96. The topological polar surface area (TPSA) is 88.5 Å². The van der Waals surface area contributed by atoms with E-state index >= 15 is 0 Å². The van der Waals surface area contributed by atoms with E-state index in [1.165, 1.54) is 0 Å². The summed E-state index contributed by atoms with van der Waals surface area (Å²) in [5.74, 6) is 1.48. The van der Waals surface area contributed by atoms with Crippen molar-refractivity contribution in [2.24, 2.45) is 0 Å². The first-order valence-electron chi connectivity index (χ1n) is 20.1. The van der Waals surface area contributed by atoms with Crippen LogP contribution in [-0.4, -0.2) is 19.9 Å². The van der Waals surface area contributed by atoms with Gasteiger partial charge >= 0.3 is 0 Å². The number of nitriles is 1. The third-order valence-electron chi connectivity index (χ3n) is 9.65. The molecule has 0 aliphatic carbocycles. The number of aromatic nitrogens is 4. The summed E-state index contributed by atoms with van der Waals surface area (Å²) < 4.78 is 47.7. The van der Waals surface area contributed by atoms with E-state index in [9.17, 15) is 5.26 Å². The molecule has 0 spiro atoms. The van der Waals surface area contributed by atoms with E-state index < -0.39 is 18.1 Å². The average molecular weight is 709 g/mol. The first-order chi connectivity index (χ1) is 29.2. The molecule has 55 heavy (non-hydrogen) atoms. The lowest BCUT2D eigenvalue weighted by Crippen LogP contribution is -2.00. The largest absolute Gasteiger partial charge is 0.435 e. The molecule has 6 nitrogen and oxygen atoms in total. The van der Waals surface area contributed by atoms with Crippen molar-refractivity contribution in [3.05, 3.63) is 181 Å². The smallest absolute Gasteiger partial charge is 0.227 e. The number of nitrogens with zero attached hydrogens (tertiary/aromatic N) is 5. The SMILES string of the molecule is [2H]c1c([2H])c([2H])c(-c2nc3ccc4cccc(-c5cccc(-c6cccc(-c7nc(-c8ccc(C#N)cc8)nc(-c8ccc9ccccc9c8)n7)c6)c5)c4c3o2)c([2H])c1[2H]. The Morgan fingerprint density at radius 3 is 1.84 bits per heavy atom. The van der Waals surface area contributed by atoms with Crippen molar-refractivity contribution in [2.45, 2.75) is 0 Å². The Bertz CT molecular complexity index is 3380. The van der Waals surface area contributed by atoms with Crippen LogP contribution in [0.25, 0.3) is 101 Å². The number of benzene rings is 8. The summed E-state index contributed by atoms with van der Waals surface area (Å²) in [6, 6.07) is 47.5. The van der Waals surface area contributed by atoms with Crippen molar-refractivity contribution in [1.29, 1.82) is 5.26 Å². The lowest BCUT2D eigenvalue weighted by Gasteiger charge is -2.11. The summed E-state index contributed by atoms with van der Waals surface area (Å²) in [6.07, 6.45) is 0. The molecule has 8 aromatic carbocycles. The molecule has 6 heteroatoms. The Morgan fingerprint density at radius 1 is 0.473 bits per heavy atom. The number of fused-ring (bicyclic) bond motifs is 4. The Labute approximate surface area is 323 Å². The van der Waals surface area contributed by atoms with Gasteiger partial charge < -0.3 is 4.42 Å². The molecule has 2 aromatic heterocycles. The monoisotopic (exact) mass is 708 g/mol. The molecule has 0 fully saturated rings. The van der Waals surface area contributed by atoms with Crippen LogP contribution >= 0.6 is 0 Å². The molecule has 10 rings (SSSR count). The Morgan fingerprint density at radius 2 is 1.07 bits per heavy atom. The Hall–Kier alpha value is -7.75. The highest BCUT2D eigenvalue weighted by Crippen LogP contribution is 2.38. The summed E-state index contributed by atoms with van der Waals surface area (Å²) in [5.41, 5.74) is 7.51. The molecule has 0 atom stereocenters. The van der Waals surface area contributed by atoms with Gasteiger partial charge in [0.05, 0.1) is 18.5 Å². The summed E-state index contributed by atoms with van der Waals surface area (Å²) in [4.78, 5) is 19.5. The van der Waals surface area contributed by atoms with Gasteiger partial charge in [-0.1, -0.05) is 115 Å². The van der Waals surface area contributed by atoms with Crippen LogP contribution in [-0.2, 0) is 0 Å². The molecule has 0 aliphatic heterocycles. The fraction of sp³-hybridized carbons (Fsp3) is 0. The van der Waals surface area contributed by atoms with Crippen LogP contribution in [0, 0.1) is 11.3 Å². The van der Waals surface area contributed by atoms with Crippen molar-refractivity contribution >= 4 is 32.6 Å². The van der Waals surface area contributed by atoms with Gasteiger partial charge in [-0.25, -0.2) is 19.9 Å². The summed E-state index contributed by atoms with van der Waals surface area (Å²) in [6.45, 7) is 0. The van der Waals surface area contributed by atoms with Gasteiger partial charge in [-0.05, 0) is 99.0 Å². The second kappa shape index (κ2) is 13.3. The van der Waals surface area contributed by atoms with Gasteiger partial charge in [0.1, 0.15) is 5.52 Å². The van der Waals surface area contributed by atoms with E-state index in [-0.39, 0.29) is 23.5 Å². The first kappa shape index (κ1) is 26.9. The normalized spacial score (nSPS) is 12.5. The molecular weight excluding hydrogens is 675 g/mol. The third-order valence-corrected chi connectivity index (χ3v) is 9.65. The maximum Gasteiger partial charge on any atom is 0.227 e. The fourth-order valence-electron chi connectivity index (χ4n) is 6.95. The van der Waals surface area contributed by atoms with E-state index in [2.05, 4.69) is 47.5 Å². The van der Waals surface area contributed by atoms with Gasteiger partial charge in [-0.15, -0.1) is 0 Å². The quantitative estimate of drug-likeness (QED) is 0.171. The highest BCUT2D eigenvalue weighted by molar-refractivity contribution is 6.11. The number of hydrogen-bond donors (Lipinski definition) is 0. The second-order valence-electron chi connectivity index (χ2n) is 13.1. The predicted molar refractivity (Wildman–Crippen MR) is 220 cm³/mol. The maximum atomic E-state index is 9.42. The summed E-state index contributed by atoms with van der Waals surface area (Å²) in [7, 11) is 0. The second-order valence-corrected chi connectivity index (χ2v) is 13.1. The first-order valence-corrected chi connectivity index (χ1v) is 17.6. The zero-order valence-electron chi connectivity index (χ0n) is 34.0. The standard InChI is InChI=1S/C49H29N5O/c50-30-31-19-21-34(22-20-31)46-52-47(54-48(53-46)41-24-23-32-9-4-5-12-36(32)28-41)40-17-7-15-38(29-40)37-14-6-16-39(27-37)42-18-8-13-33-25-26-43-45(44(33)42)55-49(51-43)35-10-2-1-3-11-35/h1-29H/i1D,2D,3D,10D,11D. The van der Waals surface area contributed by atoms with Crippen molar-refractivity contribution < 1.29 is 11.3 Å². The van der Waals surface area contributed by atoms with E-state index in [4.69, 9.17) is 26.2 Å². The molecule has 0 saturated carbocycles. The molecule has 0 N–H and O–H groups in total. The van der Waals surface area contributed by atoms with Crippen LogP contribution in [0.15, 0.2) is 180 Å². The minimum Gasteiger partial charge on any atom is -0.435 e. The minimum atomic E-state index is -0.477. The van der Waals surface area contributed by atoms with Gasteiger partial charge in [0.25, 0.3) is 0 Å². The zero-order valence-corrected chi connectivity index (χ0v) is 29.0. The van der Waals surface area contributed by atoms with E-state index in [1.54, 1.807) is 12.1 Å². The van der Waals surface area contributed by atoms with Crippen LogP contribution in [0.4, 0.5) is 0 Å². The van der Waals surface area contributed by atoms with Crippen molar-refractivity contribution in [3.63, 3.8) is 0 Å². The van der Waals surface area contributed by atoms with Crippen LogP contribution in [0.1, 0.15) is 12.4 Å². The molecule has 0 aliphatic rings. The van der Waals surface area contributed by atoms with Gasteiger partial charge in [0.2, 0.25) is 5.89 Å². The van der Waals surface area contributed by atoms with Crippen LogP contribution < -0.4 is 0 Å². The summed E-state index contributed by atoms with van der Waals surface area (Å²) in [5, 5.41) is 13.3. The lowest BCUT2D eigenvalue weighted by molar-refractivity contribution is 0.623. The van der Waals surface area contributed by atoms with Crippen molar-refractivity contribution in [1.82, 2.24) is 19.9 Å². The van der Waals surface area contributed by atoms with Gasteiger partial charge in [-0.3, -0.25) is 0 Å². The number of rotatable bonds is 6. The minimum absolute atomic E-state index is 0.0423. The molecule has 0 unspecified atom stereocenters. The van der Waals surface area contributed by atoms with E-state index in [1.807, 2.05) is 97.1 Å². The van der Waals surface area contributed by atoms with Crippen molar-refractivity contribution in [3.8, 4) is 73.9 Å². The summed E-state index contributed by atoms with van der Waals surface area (Å²) >= 11 is 0. The number of oxazole rings is 1. The van der Waals surface area contributed by atoms with Crippen LogP contribution in [0.2, 0.25) is 0 Å². The highest BCUT2D eigenvalue weighted by Gasteiger charge is 2.17. The molecule has 256 valence electrons. The molecular formula is C49H29N5O. The van der Waals surface area contributed by atoms with Crippen LogP contribution in [0.5, 0.6) is 0 Å².